The molecule has 6 heteroatoms. The van der Waals surface area contributed by atoms with Gasteiger partial charge in [-0.05, 0) is 47.9 Å². The van der Waals surface area contributed by atoms with Crippen molar-refractivity contribution in [1.29, 1.82) is 0 Å². The summed E-state index contributed by atoms with van der Waals surface area (Å²) in [5, 5.41) is 0.648. The number of halogens is 1. The van der Waals surface area contributed by atoms with Gasteiger partial charge in [-0.25, -0.2) is 4.79 Å². The Morgan fingerprint density at radius 1 is 1.28 bits per heavy atom. The molecule has 134 valence electrons. The van der Waals surface area contributed by atoms with Crippen molar-refractivity contribution < 1.29 is 19.1 Å². The summed E-state index contributed by atoms with van der Waals surface area (Å²) in [6.07, 6.45) is 3.25. The Balaban J connectivity index is 1.59. The average molecular weight is 364 g/mol. The van der Waals surface area contributed by atoms with Crippen LogP contribution in [-0.2, 0) is 32.0 Å². The number of amides is 1. The molecule has 0 radical (unpaired) electrons. The number of rotatable bonds is 2. The van der Waals surface area contributed by atoms with E-state index >= 15 is 0 Å². The maximum atomic E-state index is 13.2. The molecule has 2 heterocycles. The van der Waals surface area contributed by atoms with E-state index in [9.17, 15) is 9.59 Å². The maximum absolute atomic E-state index is 13.2. The number of hydrogen-bond acceptors (Lipinski definition) is 4. The zero-order valence-electron chi connectivity index (χ0n) is 14.3. The summed E-state index contributed by atoms with van der Waals surface area (Å²) in [6, 6.07) is 5.10. The summed E-state index contributed by atoms with van der Waals surface area (Å²) in [5.41, 5.74) is 2.16. The quantitative estimate of drug-likeness (QED) is 0.758. The van der Waals surface area contributed by atoms with E-state index in [2.05, 4.69) is 0 Å². The highest BCUT2D eigenvalue weighted by molar-refractivity contribution is 6.30. The molecule has 1 aromatic rings. The van der Waals surface area contributed by atoms with Crippen LogP contribution in [0.25, 0.3) is 0 Å². The summed E-state index contributed by atoms with van der Waals surface area (Å²) in [6.45, 7) is 1.86. The van der Waals surface area contributed by atoms with Gasteiger partial charge in [0.1, 0.15) is 6.04 Å². The number of carbonyl (C=O) groups excluding carboxylic acids is 2. The Morgan fingerprint density at radius 3 is 2.76 bits per heavy atom. The molecular formula is C19H22ClNO4. The molecule has 2 atom stereocenters. The molecule has 0 N–H and O–H groups in total. The van der Waals surface area contributed by atoms with Gasteiger partial charge in [-0.1, -0.05) is 17.7 Å². The van der Waals surface area contributed by atoms with Gasteiger partial charge in [0.05, 0.1) is 7.11 Å². The molecule has 3 aliphatic rings. The molecule has 1 saturated carbocycles. The average Bonchev–Trinajstić information content (AvgIpc) is 3.32. The monoisotopic (exact) mass is 363 g/mol. The van der Waals surface area contributed by atoms with Gasteiger partial charge in [-0.2, -0.15) is 0 Å². The predicted molar refractivity (Wildman–Crippen MR) is 92.1 cm³/mol. The number of methoxy groups -OCH3 is 1. The van der Waals surface area contributed by atoms with Crippen LogP contribution in [-0.4, -0.2) is 43.1 Å². The van der Waals surface area contributed by atoms with Gasteiger partial charge in [0.2, 0.25) is 5.91 Å². The second-order valence-corrected chi connectivity index (χ2v) is 7.79. The summed E-state index contributed by atoms with van der Waals surface area (Å²) in [5.74, 6) is -0.275. The molecule has 1 aromatic carbocycles. The van der Waals surface area contributed by atoms with Crippen LogP contribution >= 0.6 is 11.6 Å². The molecule has 0 aromatic heterocycles. The van der Waals surface area contributed by atoms with E-state index in [1.807, 2.05) is 18.2 Å². The maximum Gasteiger partial charge on any atom is 0.328 e. The lowest BCUT2D eigenvalue weighted by Crippen LogP contribution is -2.50. The summed E-state index contributed by atoms with van der Waals surface area (Å²) in [4.78, 5) is 27.2. The Morgan fingerprint density at radius 2 is 2.04 bits per heavy atom. The van der Waals surface area contributed by atoms with Crippen LogP contribution in [0.15, 0.2) is 18.2 Å². The number of hydrogen-bond donors (Lipinski definition) is 0. The van der Waals surface area contributed by atoms with Crippen molar-refractivity contribution in [1.82, 2.24) is 4.90 Å². The molecule has 1 spiro atoms. The minimum atomic E-state index is -0.552. The van der Waals surface area contributed by atoms with Crippen molar-refractivity contribution in [2.75, 3.05) is 20.3 Å². The summed E-state index contributed by atoms with van der Waals surface area (Å²) < 4.78 is 10.4. The van der Waals surface area contributed by atoms with E-state index in [0.717, 1.165) is 43.6 Å². The van der Waals surface area contributed by atoms with Gasteiger partial charge < -0.3 is 14.4 Å². The first-order valence-electron chi connectivity index (χ1n) is 8.77. The predicted octanol–water partition coefficient (Wildman–Crippen LogP) is 2.58. The van der Waals surface area contributed by atoms with Crippen LogP contribution < -0.4 is 0 Å². The molecule has 5 nitrogen and oxygen atoms in total. The first-order valence-corrected chi connectivity index (χ1v) is 9.15. The third kappa shape index (κ3) is 2.93. The first-order chi connectivity index (χ1) is 12.0. The molecule has 4 rings (SSSR count). The molecular weight excluding hydrogens is 342 g/mol. The standard InChI is InChI=1S/C19H22ClNO4/c1-24-18(23)16-9-12-2-3-14(20)8-13(12)11-21(16)17(22)15-10-19(15)4-6-25-7-5-19/h2-3,8,15-16H,4-7,9-11H2,1H3/t15?,16-/m1/s1. The van der Waals surface area contributed by atoms with Gasteiger partial charge in [-0.3, -0.25) is 4.79 Å². The van der Waals surface area contributed by atoms with Gasteiger partial charge in [0.25, 0.3) is 0 Å². The zero-order valence-corrected chi connectivity index (χ0v) is 15.1. The van der Waals surface area contributed by atoms with Gasteiger partial charge >= 0.3 is 5.97 Å². The molecule has 1 amide bonds. The Hall–Kier alpha value is -1.59. The van der Waals surface area contributed by atoms with E-state index in [0.29, 0.717) is 18.0 Å². The first kappa shape index (κ1) is 16.9. The highest BCUT2D eigenvalue weighted by Crippen LogP contribution is 2.60. The SMILES string of the molecule is COC(=O)[C@H]1Cc2ccc(Cl)cc2CN1C(=O)C1CC12CCOCC2. The number of nitrogens with zero attached hydrogens (tertiary/aromatic N) is 1. The van der Waals surface area contributed by atoms with Crippen LogP contribution in [0.3, 0.4) is 0 Å². The lowest BCUT2D eigenvalue weighted by atomic mass is 9.91. The van der Waals surface area contributed by atoms with Crippen LogP contribution in [0.1, 0.15) is 30.4 Å². The van der Waals surface area contributed by atoms with E-state index < -0.39 is 6.04 Å². The number of fused-ring (bicyclic) bond motifs is 1. The Bertz CT molecular complexity index is 713. The summed E-state index contributed by atoms with van der Waals surface area (Å²) >= 11 is 6.11. The van der Waals surface area contributed by atoms with E-state index in [-0.39, 0.29) is 23.2 Å². The number of esters is 1. The van der Waals surface area contributed by atoms with Gasteiger partial charge in [0.15, 0.2) is 0 Å². The van der Waals surface area contributed by atoms with Gasteiger partial charge in [-0.15, -0.1) is 0 Å². The minimum Gasteiger partial charge on any atom is -0.467 e. The zero-order chi connectivity index (χ0) is 17.6. The molecule has 1 aliphatic carbocycles. The van der Waals surface area contributed by atoms with Crippen molar-refractivity contribution in [2.45, 2.75) is 38.3 Å². The van der Waals surface area contributed by atoms with Crippen LogP contribution in [0.4, 0.5) is 0 Å². The Labute approximate surface area is 152 Å². The molecule has 25 heavy (non-hydrogen) atoms. The summed E-state index contributed by atoms with van der Waals surface area (Å²) in [7, 11) is 1.37. The fourth-order valence-electron chi connectivity index (χ4n) is 4.36. The highest BCUT2D eigenvalue weighted by Gasteiger charge is 2.59. The molecule has 0 bridgehead atoms. The fourth-order valence-corrected chi connectivity index (χ4v) is 4.55. The van der Waals surface area contributed by atoms with Crippen molar-refractivity contribution in [3.63, 3.8) is 0 Å². The van der Waals surface area contributed by atoms with E-state index in [4.69, 9.17) is 21.1 Å². The van der Waals surface area contributed by atoms with E-state index in [1.165, 1.54) is 7.11 Å². The highest BCUT2D eigenvalue weighted by atomic mass is 35.5. The lowest BCUT2D eigenvalue weighted by Gasteiger charge is -2.36. The van der Waals surface area contributed by atoms with Gasteiger partial charge in [0, 0.05) is 37.1 Å². The third-order valence-electron chi connectivity index (χ3n) is 6.03. The number of ether oxygens (including phenoxy) is 2. The van der Waals surface area contributed by atoms with Crippen molar-refractivity contribution in [2.24, 2.45) is 11.3 Å². The van der Waals surface area contributed by atoms with Crippen molar-refractivity contribution in [3.05, 3.63) is 34.3 Å². The second-order valence-electron chi connectivity index (χ2n) is 7.35. The van der Waals surface area contributed by atoms with Crippen LogP contribution in [0.5, 0.6) is 0 Å². The lowest BCUT2D eigenvalue weighted by molar-refractivity contribution is -0.155. The largest absolute Gasteiger partial charge is 0.467 e. The smallest absolute Gasteiger partial charge is 0.328 e. The normalized spacial score (nSPS) is 26.9. The topological polar surface area (TPSA) is 55.8 Å². The molecule has 1 unspecified atom stereocenters. The fraction of sp³-hybridized carbons (Fsp3) is 0.579. The molecule has 2 aliphatic heterocycles. The third-order valence-corrected chi connectivity index (χ3v) is 6.27. The minimum absolute atomic E-state index is 0.00397. The van der Waals surface area contributed by atoms with Crippen LogP contribution in [0, 0.1) is 11.3 Å². The molecule has 1 saturated heterocycles. The van der Waals surface area contributed by atoms with Crippen molar-refractivity contribution >= 4 is 23.5 Å². The number of carbonyl (C=O) groups is 2. The second kappa shape index (κ2) is 6.29. The Kier molecular flexibility index (Phi) is 4.24. The number of benzene rings is 1. The van der Waals surface area contributed by atoms with Crippen LogP contribution in [0.2, 0.25) is 5.02 Å². The molecule has 2 fully saturated rings. The van der Waals surface area contributed by atoms with E-state index in [1.54, 1.807) is 4.90 Å². The van der Waals surface area contributed by atoms with Crippen molar-refractivity contribution in [3.8, 4) is 0 Å².